The van der Waals surface area contributed by atoms with Gasteiger partial charge in [0.15, 0.2) is 0 Å². The minimum Gasteiger partial charge on any atom is -0.256 e. The summed E-state index contributed by atoms with van der Waals surface area (Å²) >= 11 is 0. The van der Waals surface area contributed by atoms with E-state index >= 15 is 0 Å². The number of nitrogens with zero attached hydrogens (tertiary/aromatic N) is 1. The first-order chi connectivity index (χ1) is 20.9. The lowest BCUT2D eigenvalue weighted by molar-refractivity contribution is 1.43. The highest BCUT2D eigenvalue weighted by Crippen LogP contribution is 2.50. The number of fused-ring (bicyclic) bond motifs is 14. The molecule has 0 N–H and O–H groups in total. The second kappa shape index (κ2) is 8.99. The monoisotopic (exact) mass is 531 g/mol. The maximum Gasteiger partial charge on any atom is 0.0786 e. The van der Waals surface area contributed by atoms with E-state index < -0.39 is 0 Å². The quantitative estimate of drug-likeness (QED) is 0.192. The predicted molar refractivity (Wildman–Crippen MR) is 177 cm³/mol. The van der Waals surface area contributed by atoms with Crippen molar-refractivity contribution in [1.29, 1.82) is 0 Å². The standard InChI is InChI=1S/C41H25N/c1-2-12-29-28(11-1)30-13-3-4-14-32(30)36-20-9-19-27(40(36)35-17-7-5-15-31(29)35)26-22-23-34-33-16-6-8-18-37(33)41-38(39(34)25-26)21-10-24-42-41/h1-25H. The van der Waals surface area contributed by atoms with Gasteiger partial charge in [-0.25, -0.2) is 0 Å². The molecular formula is C41H25N. The molecule has 0 unspecified atom stereocenters. The highest BCUT2D eigenvalue weighted by molar-refractivity contribution is 6.24. The molecule has 7 aromatic carbocycles. The van der Waals surface area contributed by atoms with Gasteiger partial charge in [0.25, 0.3) is 0 Å². The summed E-state index contributed by atoms with van der Waals surface area (Å²) in [4.78, 5) is 4.83. The Labute approximate surface area is 244 Å². The van der Waals surface area contributed by atoms with E-state index in [-0.39, 0.29) is 0 Å². The molecule has 1 aromatic heterocycles. The van der Waals surface area contributed by atoms with Gasteiger partial charge in [0.05, 0.1) is 5.52 Å². The van der Waals surface area contributed by atoms with Crippen LogP contribution in [0.4, 0.5) is 0 Å². The summed E-state index contributed by atoms with van der Waals surface area (Å²) in [6, 6.07) is 53.2. The van der Waals surface area contributed by atoms with Crippen LogP contribution in [0.15, 0.2) is 152 Å². The van der Waals surface area contributed by atoms with Gasteiger partial charge in [-0.1, -0.05) is 133 Å². The number of pyridine rings is 1. The number of rotatable bonds is 1. The lowest BCUT2D eigenvalue weighted by atomic mass is 9.78. The van der Waals surface area contributed by atoms with E-state index in [9.17, 15) is 0 Å². The van der Waals surface area contributed by atoms with Gasteiger partial charge in [0.1, 0.15) is 0 Å². The molecule has 0 aliphatic heterocycles. The summed E-state index contributed by atoms with van der Waals surface area (Å²) in [6.45, 7) is 0. The van der Waals surface area contributed by atoms with Gasteiger partial charge < -0.3 is 0 Å². The van der Waals surface area contributed by atoms with Crippen molar-refractivity contribution in [2.24, 2.45) is 0 Å². The third-order valence-electron chi connectivity index (χ3n) is 8.89. The van der Waals surface area contributed by atoms with Gasteiger partial charge in [-0.15, -0.1) is 0 Å². The molecule has 1 heteroatoms. The van der Waals surface area contributed by atoms with Crippen LogP contribution in [0.5, 0.6) is 0 Å². The first-order valence-electron chi connectivity index (χ1n) is 14.5. The zero-order valence-corrected chi connectivity index (χ0v) is 22.9. The van der Waals surface area contributed by atoms with Crippen LogP contribution in [0.25, 0.3) is 88.1 Å². The smallest absolute Gasteiger partial charge is 0.0786 e. The third-order valence-corrected chi connectivity index (χ3v) is 8.89. The predicted octanol–water partition coefficient (Wildman–Crippen LogP) is 11.2. The maximum atomic E-state index is 4.83. The molecule has 1 heterocycles. The van der Waals surface area contributed by atoms with Crippen molar-refractivity contribution in [3.8, 4) is 55.6 Å². The minimum absolute atomic E-state index is 1.05. The average molecular weight is 532 g/mol. The molecule has 0 atom stereocenters. The van der Waals surface area contributed by atoms with Crippen LogP contribution >= 0.6 is 0 Å². The largest absolute Gasteiger partial charge is 0.256 e. The van der Waals surface area contributed by atoms with Gasteiger partial charge in [0, 0.05) is 17.0 Å². The third kappa shape index (κ3) is 3.28. The van der Waals surface area contributed by atoms with Crippen molar-refractivity contribution in [3.05, 3.63) is 152 Å². The Kier molecular flexibility index (Phi) is 4.97. The summed E-state index contributed by atoms with van der Waals surface area (Å²) in [5.74, 6) is 0. The van der Waals surface area contributed by atoms with Crippen LogP contribution in [-0.2, 0) is 0 Å². The first kappa shape index (κ1) is 23.2. The molecule has 0 saturated carbocycles. The van der Waals surface area contributed by atoms with Crippen LogP contribution in [0.2, 0.25) is 0 Å². The van der Waals surface area contributed by atoms with E-state index in [4.69, 9.17) is 4.98 Å². The van der Waals surface area contributed by atoms with E-state index in [1.807, 2.05) is 12.3 Å². The Morgan fingerprint density at radius 3 is 1.50 bits per heavy atom. The molecule has 0 saturated heterocycles. The SMILES string of the molecule is c1ccc2c(c1)-c1ccccc1-c1cccc(-c3ccc4c5ccccc5c5ncccc5c4c3)c1-c1ccccc1-2. The van der Waals surface area contributed by atoms with Gasteiger partial charge >= 0.3 is 0 Å². The normalized spacial score (nSPS) is 11.8. The molecule has 1 aliphatic rings. The second-order valence-corrected chi connectivity index (χ2v) is 11.1. The fraction of sp³-hybridized carbons (Fsp3) is 0. The average Bonchev–Trinajstić information content (AvgIpc) is 3.07. The van der Waals surface area contributed by atoms with Crippen LogP contribution in [0.3, 0.4) is 0 Å². The molecule has 1 nitrogen and oxygen atoms in total. The molecule has 0 amide bonds. The second-order valence-electron chi connectivity index (χ2n) is 11.1. The van der Waals surface area contributed by atoms with Crippen molar-refractivity contribution < 1.29 is 0 Å². The van der Waals surface area contributed by atoms with Crippen molar-refractivity contribution in [2.45, 2.75) is 0 Å². The summed E-state index contributed by atoms with van der Waals surface area (Å²) in [5.41, 5.74) is 13.6. The molecule has 8 aromatic rings. The van der Waals surface area contributed by atoms with E-state index in [0.717, 1.165) is 5.52 Å². The molecule has 9 rings (SSSR count). The Balaban J connectivity index is 1.40. The topological polar surface area (TPSA) is 12.9 Å². The maximum absolute atomic E-state index is 4.83. The van der Waals surface area contributed by atoms with Crippen molar-refractivity contribution in [2.75, 3.05) is 0 Å². The van der Waals surface area contributed by atoms with E-state index in [2.05, 4.69) is 140 Å². The van der Waals surface area contributed by atoms with Crippen LogP contribution in [0.1, 0.15) is 0 Å². The fourth-order valence-corrected chi connectivity index (χ4v) is 7.08. The summed E-state index contributed by atoms with van der Waals surface area (Å²) in [6.07, 6.45) is 1.90. The van der Waals surface area contributed by atoms with Crippen molar-refractivity contribution in [1.82, 2.24) is 4.98 Å². The fourth-order valence-electron chi connectivity index (χ4n) is 7.08. The molecule has 1 aliphatic carbocycles. The van der Waals surface area contributed by atoms with Crippen molar-refractivity contribution >= 4 is 32.4 Å². The zero-order chi connectivity index (χ0) is 27.6. The molecule has 0 spiro atoms. The van der Waals surface area contributed by atoms with Gasteiger partial charge in [-0.05, 0) is 83.9 Å². The van der Waals surface area contributed by atoms with Crippen LogP contribution in [-0.4, -0.2) is 4.98 Å². The Bertz CT molecular complexity index is 2320. The summed E-state index contributed by atoms with van der Waals surface area (Å²) in [7, 11) is 0. The number of benzene rings is 7. The van der Waals surface area contributed by atoms with E-state index in [0.29, 0.717) is 0 Å². The van der Waals surface area contributed by atoms with Crippen LogP contribution in [0, 0.1) is 0 Å². The van der Waals surface area contributed by atoms with Gasteiger partial charge in [0.2, 0.25) is 0 Å². The van der Waals surface area contributed by atoms with Crippen LogP contribution < -0.4 is 0 Å². The van der Waals surface area contributed by atoms with Crippen molar-refractivity contribution in [3.63, 3.8) is 0 Å². The van der Waals surface area contributed by atoms with E-state index in [1.165, 1.54) is 82.6 Å². The van der Waals surface area contributed by atoms with Gasteiger partial charge in [-0.3, -0.25) is 4.98 Å². The van der Waals surface area contributed by atoms with Gasteiger partial charge in [-0.2, -0.15) is 0 Å². The number of hydrogen-bond donors (Lipinski definition) is 0. The molecule has 0 fully saturated rings. The minimum atomic E-state index is 1.05. The first-order valence-corrected chi connectivity index (χ1v) is 14.5. The molecule has 0 radical (unpaired) electrons. The Morgan fingerprint density at radius 2 is 0.786 bits per heavy atom. The Morgan fingerprint density at radius 1 is 0.310 bits per heavy atom. The lowest BCUT2D eigenvalue weighted by Crippen LogP contribution is -1.98. The number of aromatic nitrogens is 1. The zero-order valence-electron chi connectivity index (χ0n) is 22.9. The lowest BCUT2D eigenvalue weighted by Gasteiger charge is -2.25. The molecule has 42 heavy (non-hydrogen) atoms. The molecule has 194 valence electrons. The Hall–Kier alpha value is -5.53. The highest BCUT2D eigenvalue weighted by atomic mass is 14.6. The van der Waals surface area contributed by atoms with E-state index in [1.54, 1.807) is 0 Å². The summed E-state index contributed by atoms with van der Waals surface area (Å²) in [5, 5.41) is 6.11. The number of hydrogen-bond acceptors (Lipinski definition) is 1. The highest BCUT2D eigenvalue weighted by Gasteiger charge is 2.24. The summed E-state index contributed by atoms with van der Waals surface area (Å²) < 4.78 is 0. The molecular weight excluding hydrogens is 506 g/mol. The molecule has 0 bridgehead atoms.